The standard InChI is InChI=1S/C16H29N3O4/c1-5-23-16(22)12-7-6-8-19(9-12)13(20)10-18(4)15(21)14(17)11(2)3/h11-12,14H,5-10,17H2,1-4H3/t12?,14-/m0/s1. The Hall–Kier alpha value is -1.63. The number of hydrogen-bond donors (Lipinski definition) is 1. The van der Waals surface area contributed by atoms with Gasteiger partial charge in [0.05, 0.1) is 25.1 Å². The third-order valence-electron chi connectivity index (χ3n) is 4.15. The Labute approximate surface area is 138 Å². The van der Waals surface area contributed by atoms with E-state index in [9.17, 15) is 14.4 Å². The number of ether oxygens (including phenoxy) is 1. The summed E-state index contributed by atoms with van der Waals surface area (Å²) in [4.78, 5) is 39.3. The highest BCUT2D eigenvalue weighted by Gasteiger charge is 2.30. The van der Waals surface area contributed by atoms with E-state index >= 15 is 0 Å². The van der Waals surface area contributed by atoms with E-state index in [4.69, 9.17) is 10.5 Å². The summed E-state index contributed by atoms with van der Waals surface area (Å²) in [6, 6.07) is -0.610. The molecule has 1 aliphatic rings. The van der Waals surface area contributed by atoms with Crippen LogP contribution in [0.3, 0.4) is 0 Å². The van der Waals surface area contributed by atoms with E-state index in [2.05, 4.69) is 0 Å². The lowest BCUT2D eigenvalue weighted by Gasteiger charge is -2.33. The van der Waals surface area contributed by atoms with E-state index < -0.39 is 6.04 Å². The third kappa shape index (κ3) is 5.49. The Balaban J connectivity index is 2.56. The molecule has 2 N–H and O–H groups in total. The molecule has 2 amide bonds. The largest absolute Gasteiger partial charge is 0.466 e. The van der Waals surface area contributed by atoms with Crippen LogP contribution < -0.4 is 5.73 Å². The summed E-state index contributed by atoms with van der Waals surface area (Å²) in [7, 11) is 1.58. The Morgan fingerprint density at radius 3 is 2.57 bits per heavy atom. The van der Waals surface area contributed by atoms with Crippen LogP contribution in [-0.2, 0) is 19.1 Å². The van der Waals surface area contributed by atoms with E-state index in [0.717, 1.165) is 12.8 Å². The van der Waals surface area contributed by atoms with Gasteiger partial charge in [0.2, 0.25) is 11.8 Å². The number of nitrogens with zero attached hydrogens (tertiary/aromatic N) is 2. The Kier molecular flexibility index (Phi) is 7.48. The molecule has 0 aromatic heterocycles. The van der Waals surface area contributed by atoms with Crippen molar-refractivity contribution in [1.82, 2.24) is 9.80 Å². The highest BCUT2D eigenvalue weighted by atomic mass is 16.5. The van der Waals surface area contributed by atoms with Crippen LogP contribution >= 0.6 is 0 Å². The quantitative estimate of drug-likeness (QED) is 0.705. The lowest BCUT2D eigenvalue weighted by Crippen LogP contribution is -2.50. The Morgan fingerprint density at radius 1 is 1.35 bits per heavy atom. The molecule has 2 atom stereocenters. The molecule has 0 bridgehead atoms. The maximum absolute atomic E-state index is 12.4. The first-order valence-corrected chi connectivity index (χ1v) is 8.22. The summed E-state index contributed by atoms with van der Waals surface area (Å²) in [5, 5.41) is 0. The zero-order valence-electron chi connectivity index (χ0n) is 14.6. The number of hydrogen-bond acceptors (Lipinski definition) is 5. The number of esters is 1. The predicted molar refractivity (Wildman–Crippen MR) is 86.4 cm³/mol. The fourth-order valence-corrected chi connectivity index (χ4v) is 2.58. The van der Waals surface area contributed by atoms with Crippen molar-refractivity contribution in [2.75, 3.05) is 33.3 Å². The van der Waals surface area contributed by atoms with Gasteiger partial charge in [-0.25, -0.2) is 0 Å². The molecule has 0 spiro atoms. The van der Waals surface area contributed by atoms with Crippen molar-refractivity contribution in [3.05, 3.63) is 0 Å². The number of amides is 2. The lowest BCUT2D eigenvalue weighted by molar-refractivity contribution is -0.152. The molecule has 0 aromatic rings. The van der Waals surface area contributed by atoms with Gasteiger partial charge in [0, 0.05) is 20.1 Å². The molecule has 1 rings (SSSR count). The third-order valence-corrected chi connectivity index (χ3v) is 4.15. The average Bonchev–Trinajstić information content (AvgIpc) is 2.53. The molecule has 132 valence electrons. The van der Waals surface area contributed by atoms with Gasteiger partial charge in [-0.3, -0.25) is 14.4 Å². The highest BCUT2D eigenvalue weighted by Crippen LogP contribution is 2.18. The van der Waals surface area contributed by atoms with Crippen molar-refractivity contribution in [1.29, 1.82) is 0 Å². The van der Waals surface area contributed by atoms with E-state index in [1.807, 2.05) is 13.8 Å². The fraction of sp³-hybridized carbons (Fsp3) is 0.812. The number of carbonyl (C=O) groups excluding carboxylic acids is 3. The average molecular weight is 327 g/mol. The molecule has 0 aliphatic carbocycles. The fourth-order valence-electron chi connectivity index (χ4n) is 2.58. The summed E-state index contributed by atoms with van der Waals surface area (Å²) in [6.45, 7) is 6.78. The second kappa shape index (κ2) is 8.86. The van der Waals surface area contributed by atoms with Gasteiger partial charge in [0.25, 0.3) is 0 Å². The number of likely N-dealkylation sites (tertiary alicyclic amines) is 1. The molecule has 23 heavy (non-hydrogen) atoms. The van der Waals surface area contributed by atoms with E-state index in [-0.39, 0.29) is 36.2 Å². The normalized spacial score (nSPS) is 19.4. The van der Waals surface area contributed by atoms with Gasteiger partial charge in [-0.05, 0) is 25.7 Å². The first-order valence-electron chi connectivity index (χ1n) is 8.22. The van der Waals surface area contributed by atoms with Crippen molar-refractivity contribution in [3.63, 3.8) is 0 Å². The van der Waals surface area contributed by atoms with Gasteiger partial charge < -0.3 is 20.3 Å². The molecule has 0 aromatic carbocycles. The van der Waals surface area contributed by atoms with Crippen LogP contribution in [0, 0.1) is 11.8 Å². The van der Waals surface area contributed by atoms with Crippen LogP contribution in [-0.4, -0.2) is 66.9 Å². The van der Waals surface area contributed by atoms with Crippen LogP contribution in [0.2, 0.25) is 0 Å². The molecule has 0 saturated carbocycles. The van der Waals surface area contributed by atoms with Crippen molar-refractivity contribution in [2.24, 2.45) is 17.6 Å². The van der Waals surface area contributed by atoms with Crippen LogP contribution in [0.1, 0.15) is 33.6 Å². The Morgan fingerprint density at radius 2 is 2.00 bits per heavy atom. The smallest absolute Gasteiger partial charge is 0.310 e. The lowest BCUT2D eigenvalue weighted by atomic mass is 9.98. The van der Waals surface area contributed by atoms with Crippen molar-refractivity contribution in [3.8, 4) is 0 Å². The first kappa shape index (κ1) is 19.4. The zero-order chi connectivity index (χ0) is 17.6. The summed E-state index contributed by atoms with van der Waals surface area (Å²) in [5.74, 6) is -0.913. The number of likely N-dealkylation sites (N-methyl/N-ethyl adjacent to an activating group) is 1. The van der Waals surface area contributed by atoms with Crippen LogP contribution in [0.15, 0.2) is 0 Å². The maximum atomic E-state index is 12.4. The minimum absolute atomic E-state index is 0.0169. The number of rotatable bonds is 6. The van der Waals surface area contributed by atoms with Crippen LogP contribution in [0.4, 0.5) is 0 Å². The molecule has 1 aliphatic heterocycles. The molecule has 7 nitrogen and oxygen atoms in total. The second-order valence-electron chi connectivity index (χ2n) is 6.40. The maximum Gasteiger partial charge on any atom is 0.310 e. The molecular formula is C16H29N3O4. The van der Waals surface area contributed by atoms with Gasteiger partial charge in [-0.2, -0.15) is 0 Å². The number of nitrogens with two attached hydrogens (primary N) is 1. The summed E-state index contributed by atoms with van der Waals surface area (Å²) >= 11 is 0. The topological polar surface area (TPSA) is 92.9 Å². The van der Waals surface area contributed by atoms with E-state index in [1.54, 1.807) is 18.9 Å². The SMILES string of the molecule is CCOC(=O)C1CCCN(C(=O)CN(C)C(=O)[C@@H](N)C(C)C)C1. The summed E-state index contributed by atoms with van der Waals surface area (Å²) in [5.41, 5.74) is 5.83. The molecule has 1 heterocycles. The zero-order valence-corrected chi connectivity index (χ0v) is 14.6. The number of piperidine rings is 1. The minimum Gasteiger partial charge on any atom is -0.466 e. The minimum atomic E-state index is -0.610. The summed E-state index contributed by atoms with van der Waals surface area (Å²) < 4.78 is 5.03. The van der Waals surface area contributed by atoms with Crippen molar-refractivity contribution < 1.29 is 19.1 Å². The molecule has 1 saturated heterocycles. The molecule has 7 heteroatoms. The van der Waals surface area contributed by atoms with E-state index in [0.29, 0.717) is 19.7 Å². The second-order valence-corrected chi connectivity index (χ2v) is 6.40. The molecule has 1 unspecified atom stereocenters. The Bertz CT molecular complexity index is 439. The van der Waals surface area contributed by atoms with Crippen LogP contribution in [0.5, 0.6) is 0 Å². The van der Waals surface area contributed by atoms with Gasteiger partial charge in [0.1, 0.15) is 0 Å². The van der Waals surface area contributed by atoms with Gasteiger partial charge >= 0.3 is 5.97 Å². The molecule has 1 fully saturated rings. The van der Waals surface area contributed by atoms with Gasteiger partial charge in [-0.15, -0.1) is 0 Å². The van der Waals surface area contributed by atoms with E-state index in [1.165, 1.54) is 4.90 Å². The molecule has 0 radical (unpaired) electrons. The van der Waals surface area contributed by atoms with Crippen molar-refractivity contribution >= 4 is 17.8 Å². The first-order chi connectivity index (χ1) is 10.8. The number of carbonyl (C=O) groups is 3. The van der Waals surface area contributed by atoms with Crippen LogP contribution in [0.25, 0.3) is 0 Å². The summed E-state index contributed by atoms with van der Waals surface area (Å²) in [6.07, 6.45) is 1.49. The van der Waals surface area contributed by atoms with Crippen molar-refractivity contribution in [2.45, 2.75) is 39.7 Å². The van der Waals surface area contributed by atoms with Gasteiger partial charge in [-0.1, -0.05) is 13.8 Å². The van der Waals surface area contributed by atoms with Gasteiger partial charge in [0.15, 0.2) is 0 Å². The molecular weight excluding hydrogens is 298 g/mol. The highest BCUT2D eigenvalue weighted by molar-refractivity contribution is 5.87. The monoisotopic (exact) mass is 327 g/mol. The predicted octanol–water partition coefficient (Wildman–Crippen LogP) is 0.230.